The third-order valence-corrected chi connectivity index (χ3v) is 3.37. The summed E-state index contributed by atoms with van der Waals surface area (Å²) >= 11 is 0. The molecule has 3 N–H and O–H groups in total. The number of amides is 1. The van der Waals surface area contributed by atoms with Gasteiger partial charge in [-0.3, -0.25) is 4.79 Å². The van der Waals surface area contributed by atoms with Gasteiger partial charge in [0.25, 0.3) is 0 Å². The fourth-order valence-electron chi connectivity index (χ4n) is 2.11. The molecule has 4 nitrogen and oxygen atoms in total. The summed E-state index contributed by atoms with van der Waals surface area (Å²) in [7, 11) is 0. The molecule has 0 bridgehead atoms. The van der Waals surface area contributed by atoms with E-state index in [9.17, 15) is 4.79 Å². The fourth-order valence-corrected chi connectivity index (χ4v) is 2.11. The van der Waals surface area contributed by atoms with E-state index in [1.807, 2.05) is 31.2 Å². The first kappa shape index (κ1) is 13.1. The van der Waals surface area contributed by atoms with Crippen LogP contribution in [0.5, 0.6) is 0 Å². The van der Waals surface area contributed by atoms with Gasteiger partial charge in [-0.1, -0.05) is 31.2 Å². The van der Waals surface area contributed by atoms with Crippen LogP contribution < -0.4 is 11.1 Å². The van der Waals surface area contributed by atoms with Crippen molar-refractivity contribution in [2.75, 3.05) is 6.61 Å². The zero-order valence-corrected chi connectivity index (χ0v) is 10.7. The minimum Gasteiger partial charge on any atom is -0.368 e. The molecular weight excluding hydrogens is 228 g/mol. The molecule has 0 radical (unpaired) electrons. The standard InChI is InChI=1S/C14H20N2O2/c1-10-6-7-18-13(10)14(17)16-9-12-4-2-11(8-15)3-5-12/h2-5,10,13H,6-9,15H2,1H3,(H,16,17). The maximum Gasteiger partial charge on any atom is 0.249 e. The van der Waals surface area contributed by atoms with E-state index in [1.165, 1.54) is 0 Å². The van der Waals surface area contributed by atoms with Crippen LogP contribution in [0.1, 0.15) is 24.5 Å². The molecule has 2 unspecified atom stereocenters. The van der Waals surface area contributed by atoms with E-state index < -0.39 is 0 Å². The zero-order valence-electron chi connectivity index (χ0n) is 10.7. The molecule has 1 amide bonds. The van der Waals surface area contributed by atoms with Crippen molar-refractivity contribution in [2.24, 2.45) is 11.7 Å². The van der Waals surface area contributed by atoms with Crippen molar-refractivity contribution in [3.63, 3.8) is 0 Å². The second kappa shape index (κ2) is 5.98. The van der Waals surface area contributed by atoms with E-state index in [0.717, 1.165) is 17.5 Å². The van der Waals surface area contributed by atoms with E-state index in [1.54, 1.807) is 0 Å². The van der Waals surface area contributed by atoms with Crippen LogP contribution in [0.15, 0.2) is 24.3 Å². The third kappa shape index (κ3) is 3.09. The third-order valence-electron chi connectivity index (χ3n) is 3.37. The summed E-state index contributed by atoms with van der Waals surface area (Å²) in [5.74, 6) is 0.299. The van der Waals surface area contributed by atoms with E-state index >= 15 is 0 Å². The lowest BCUT2D eigenvalue weighted by molar-refractivity contribution is -0.131. The van der Waals surface area contributed by atoms with Gasteiger partial charge in [-0.25, -0.2) is 0 Å². The largest absolute Gasteiger partial charge is 0.368 e. The van der Waals surface area contributed by atoms with Crippen molar-refractivity contribution in [3.8, 4) is 0 Å². The lowest BCUT2D eigenvalue weighted by atomic mass is 10.0. The Morgan fingerprint density at radius 3 is 2.61 bits per heavy atom. The number of carbonyl (C=O) groups excluding carboxylic acids is 1. The highest BCUT2D eigenvalue weighted by molar-refractivity contribution is 5.81. The van der Waals surface area contributed by atoms with Gasteiger partial charge in [0.1, 0.15) is 6.10 Å². The number of carbonyl (C=O) groups is 1. The summed E-state index contributed by atoms with van der Waals surface area (Å²) in [5, 5.41) is 2.91. The Morgan fingerprint density at radius 2 is 2.06 bits per heavy atom. The Bertz CT molecular complexity index is 403. The molecule has 1 heterocycles. The van der Waals surface area contributed by atoms with Crippen molar-refractivity contribution in [2.45, 2.75) is 32.5 Å². The highest BCUT2D eigenvalue weighted by atomic mass is 16.5. The van der Waals surface area contributed by atoms with Gasteiger partial charge in [0, 0.05) is 19.7 Å². The Labute approximate surface area is 108 Å². The van der Waals surface area contributed by atoms with Crippen LogP contribution in [0.2, 0.25) is 0 Å². The molecule has 0 aliphatic carbocycles. The summed E-state index contributed by atoms with van der Waals surface area (Å²) in [4.78, 5) is 11.9. The molecule has 0 aromatic heterocycles. The molecule has 1 aliphatic rings. The second-order valence-electron chi connectivity index (χ2n) is 4.80. The first-order valence-corrected chi connectivity index (χ1v) is 6.38. The van der Waals surface area contributed by atoms with Gasteiger partial charge in [0.15, 0.2) is 0 Å². The molecule has 1 aromatic rings. The minimum atomic E-state index is -0.284. The Morgan fingerprint density at radius 1 is 1.39 bits per heavy atom. The van der Waals surface area contributed by atoms with Crippen LogP contribution in [0.4, 0.5) is 0 Å². The van der Waals surface area contributed by atoms with Crippen molar-refractivity contribution < 1.29 is 9.53 Å². The van der Waals surface area contributed by atoms with Crippen LogP contribution in [0.25, 0.3) is 0 Å². The highest BCUT2D eigenvalue weighted by Gasteiger charge is 2.30. The summed E-state index contributed by atoms with van der Waals surface area (Å²) < 4.78 is 5.42. The first-order chi connectivity index (χ1) is 8.70. The SMILES string of the molecule is CC1CCOC1C(=O)NCc1ccc(CN)cc1. The van der Waals surface area contributed by atoms with E-state index in [2.05, 4.69) is 5.32 Å². The molecule has 1 aliphatic heterocycles. The van der Waals surface area contributed by atoms with Gasteiger partial charge in [-0.05, 0) is 23.5 Å². The van der Waals surface area contributed by atoms with Crippen molar-refractivity contribution in [1.82, 2.24) is 5.32 Å². The molecule has 0 spiro atoms. The summed E-state index contributed by atoms with van der Waals surface area (Å²) in [6.45, 7) is 3.81. The molecule has 2 atom stereocenters. The fraction of sp³-hybridized carbons (Fsp3) is 0.500. The average molecular weight is 248 g/mol. The molecule has 1 aromatic carbocycles. The Balaban J connectivity index is 1.85. The number of hydrogen-bond acceptors (Lipinski definition) is 3. The van der Waals surface area contributed by atoms with Crippen molar-refractivity contribution in [1.29, 1.82) is 0 Å². The van der Waals surface area contributed by atoms with Crippen LogP contribution in [0.3, 0.4) is 0 Å². The van der Waals surface area contributed by atoms with Gasteiger partial charge in [0.2, 0.25) is 5.91 Å². The number of benzene rings is 1. The van der Waals surface area contributed by atoms with Gasteiger partial charge in [0.05, 0.1) is 0 Å². The summed E-state index contributed by atoms with van der Waals surface area (Å²) in [6.07, 6.45) is 0.678. The molecule has 18 heavy (non-hydrogen) atoms. The molecular formula is C14H20N2O2. The van der Waals surface area contributed by atoms with Gasteiger partial charge < -0.3 is 15.8 Å². The quantitative estimate of drug-likeness (QED) is 0.841. The van der Waals surface area contributed by atoms with Crippen LogP contribution in [-0.2, 0) is 22.6 Å². The normalized spacial score (nSPS) is 23.0. The van der Waals surface area contributed by atoms with Crippen molar-refractivity contribution in [3.05, 3.63) is 35.4 Å². The summed E-state index contributed by atoms with van der Waals surface area (Å²) in [6, 6.07) is 7.94. The number of ether oxygens (including phenoxy) is 1. The maximum atomic E-state index is 11.9. The van der Waals surface area contributed by atoms with Crippen LogP contribution >= 0.6 is 0 Å². The summed E-state index contributed by atoms with van der Waals surface area (Å²) in [5.41, 5.74) is 7.70. The lowest BCUT2D eigenvalue weighted by Crippen LogP contribution is -2.36. The lowest BCUT2D eigenvalue weighted by Gasteiger charge is -2.14. The number of hydrogen-bond donors (Lipinski definition) is 2. The highest BCUT2D eigenvalue weighted by Crippen LogP contribution is 2.20. The average Bonchev–Trinajstić information content (AvgIpc) is 2.83. The maximum absolute atomic E-state index is 11.9. The van der Waals surface area contributed by atoms with Gasteiger partial charge >= 0.3 is 0 Å². The van der Waals surface area contributed by atoms with Crippen LogP contribution in [-0.4, -0.2) is 18.6 Å². The van der Waals surface area contributed by atoms with Gasteiger partial charge in [-0.15, -0.1) is 0 Å². The Hall–Kier alpha value is -1.39. The molecule has 98 valence electrons. The smallest absolute Gasteiger partial charge is 0.249 e. The van der Waals surface area contributed by atoms with E-state index in [0.29, 0.717) is 25.6 Å². The molecule has 4 heteroatoms. The minimum absolute atomic E-state index is 0.0112. The number of nitrogens with two attached hydrogens (primary N) is 1. The predicted molar refractivity (Wildman–Crippen MR) is 69.7 cm³/mol. The molecule has 1 saturated heterocycles. The van der Waals surface area contributed by atoms with E-state index in [-0.39, 0.29) is 12.0 Å². The first-order valence-electron chi connectivity index (χ1n) is 6.38. The zero-order chi connectivity index (χ0) is 13.0. The van der Waals surface area contributed by atoms with Crippen LogP contribution in [0, 0.1) is 5.92 Å². The van der Waals surface area contributed by atoms with Gasteiger partial charge in [-0.2, -0.15) is 0 Å². The van der Waals surface area contributed by atoms with Crippen molar-refractivity contribution >= 4 is 5.91 Å². The second-order valence-corrected chi connectivity index (χ2v) is 4.80. The number of rotatable bonds is 4. The number of nitrogens with one attached hydrogen (secondary N) is 1. The molecule has 2 rings (SSSR count). The van der Waals surface area contributed by atoms with E-state index in [4.69, 9.17) is 10.5 Å². The monoisotopic (exact) mass is 248 g/mol. The predicted octanol–water partition coefficient (Wildman–Crippen LogP) is 1.19. The topological polar surface area (TPSA) is 64.3 Å². The molecule has 1 fully saturated rings. The molecule has 0 saturated carbocycles. The Kier molecular flexibility index (Phi) is 4.33.